The standard InChI is InChI=1S/C27H25N/c1-28(26(22-14-6-2-7-15-22)23-16-8-3-9-17-23)27(24-18-10-4-11-19-24)25-20-12-5-13-21-25/h2-21,26-27H,1H3. The van der Waals surface area contributed by atoms with Crippen LogP contribution in [0.3, 0.4) is 0 Å². The Morgan fingerprint density at radius 2 is 0.607 bits per heavy atom. The molecule has 0 aliphatic heterocycles. The first-order valence-electron chi connectivity index (χ1n) is 9.76. The molecule has 0 bridgehead atoms. The van der Waals surface area contributed by atoms with E-state index in [2.05, 4.69) is 133 Å². The number of hydrogen-bond donors (Lipinski definition) is 0. The van der Waals surface area contributed by atoms with Crippen molar-refractivity contribution in [2.75, 3.05) is 7.05 Å². The number of benzene rings is 4. The molecular formula is C27H25N. The highest BCUT2D eigenvalue weighted by Gasteiger charge is 2.27. The second kappa shape index (κ2) is 8.69. The summed E-state index contributed by atoms with van der Waals surface area (Å²) < 4.78 is 0. The van der Waals surface area contributed by atoms with Crippen LogP contribution in [-0.2, 0) is 0 Å². The molecule has 0 aliphatic rings. The van der Waals surface area contributed by atoms with Crippen LogP contribution in [0.1, 0.15) is 34.3 Å². The Kier molecular flexibility index (Phi) is 5.65. The third kappa shape index (κ3) is 3.90. The predicted octanol–water partition coefficient (Wildman–Crippen LogP) is 6.50. The van der Waals surface area contributed by atoms with Gasteiger partial charge in [0.1, 0.15) is 0 Å². The van der Waals surface area contributed by atoms with Gasteiger partial charge in [0, 0.05) is 0 Å². The van der Waals surface area contributed by atoms with E-state index in [1.807, 2.05) is 0 Å². The fourth-order valence-corrected chi connectivity index (χ4v) is 4.02. The normalized spacial score (nSPS) is 11.3. The summed E-state index contributed by atoms with van der Waals surface area (Å²) >= 11 is 0. The molecule has 1 heteroatoms. The monoisotopic (exact) mass is 363 g/mol. The first-order chi connectivity index (χ1) is 13.8. The lowest BCUT2D eigenvalue weighted by Crippen LogP contribution is -2.31. The second-order valence-electron chi connectivity index (χ2n) is 7.11. The Bertz CT molecular complexity index is 804. The highest BCUT2D eigenvalue weighted by Crippen LogP contribution is 2.37. The molecule has 0 amide bonds. The summed E-state index contributed by atoms with van der Waals surface area (Å²) in [6, 6.07) is 43.4. The third-order valence-electron chi connectivity index (χ3n) is 5.28. The minimum atomic E-state index is 0.160. The van der Waals surface area contributed by atoms with Gasteiger partial charge in [0.05, 0.1) is 12.1 Å². The highest BCUT2D eigenvalue weighted by molar-refractivity contribution is 5.36. The number of rotatable bonds is 6. The van der Waals surface area contributed by atoms with Gasteiger partial charge >= 0.3 is 0 Å². The summed E-state index contributed by atoms with van der Waals surface area (Å²) in [6.45, 7) is 0. The van der Waals surface area contributed by atoms with Crippen molar-refractivity contribution >= 4 is 0 Å². The summed E-state index contributed by atoms with van der Waals surface area (Å²) in [7, 11) is 2.23. The molecule has 0 fully saturated rings. The molecule has 0 aromatic heterocycles. The fraction of sp³-hybridized carbons (Fsp3) is 0.111. The van der Waals surface area contributed by atoms with Gasteiger partial charge in [-0.15, -0.1) is 0 Å². The molecule has 0 radical (unpaired) electrons. The first-order valence-corrected chi connectivity index (χ1v) is 9.76. The van der Waals surface area contributed by atoms with E-state index in [1.54, 1.807) is 0 Å². The minimum absolute atomic E-state index is 0.160. The van der Waals surface area contributed by atoms with Gasteiger partial charge in [-0.05, 0) is 29.3 Å². The molecule has 0 saturated carbocycles. The van der Waals surface area contributed by atoms with Crippen LogP contribution in [0.5, 0.6) is 0 Å². The lowest BCUT2D eigenvalue weighted by Gasteiger charge is -2.36. The average molecular weight is 364 g/mol. The van der Waals surface area contributed by atoms with Crippen molar-refractivity contribution in [1.29, 1.82) is 0 Å². The maximum Gasteiger partial charge on any atom is 0.0607 e. The van der Waals surface area contributed by atoms with Gasteiger partial charge in [-0.25, -0.2) is 0 Å². The molecule has 0 heterocycles. The molecule has 1 nitrogen and oxygen atoms in total. The van der Waals surface area contributed by atoms with Crippen LogP contribution in [0.4, 0.5) is 0 Å². The van der Waals surface area contributed by atoms with Gasteiger partial charge in [-0.1, -0.05) is 121 Å². The quantitative estimate of drug-likeness (QED) is 0.378. The molecule has 4 aromatic carbocycles. The van der Waals surface area contributed by atoms with Crippen LogP contribution in [0.2, 0.25) is 0 Å². The van der Waals surface area contributed by atoms with Crippen LogP contribution in [0, 0.1) is 0 Å². The van der Waals surface area contributed by atoms with E-state index in [1.165, 1.54) is 22.3 Å². The molecule has 0 N–H and O–H groups in total. The van der Waals surface area contributed by atoms with Crippen molar-refractivity contribution in [3.05, 3.63) is 144 Å². The van der Waals surface area contributed by atoms with E-state index in [4.69, 9.17) is 0 Å². The van der Waals surface area contributed by atoms with Gasteiger partial charge < -0.3 is 0 Å². The molecule has 0 saturated heterocycles. The van der Waals surface area contributed by atoms with Crippen molar-refractivity contribution in [3.8, 4) is 0 Å². The largest absolute Gasteiger partial charge is 0.284 e. The molecule has 0 spiro atoms. The molecular weight excluding hydrogens is 338 g/mol. The number of hydrogen-bond acceptors (Lipinski definition) is 1. The zero-order valence-electron chi connectivity index (χ0n) is 16.1. The lowest BCUT2D eigenvalue weighted by molar-refractivity contribution is 0.228. The summed E-state index contributed by atoms with van der Waals surface area (Å²) in [5.74, 6) is 0. The van der Waals surface area contributed by atoms with E-state index >= 15 is 0 Å². The summed E-state index contributed by atoms with van der Waals surface area (Å²) in [5, 5.41) is 0. The second-order valence-corrected chi connectivity index (χ2v) is 7.11. The maximum absolute atomic E-state index is 2.48. The van der Waals surface area contributed by atoms with Crippen LogP contribution in [-0.4, -0.2) is 11.9 Å². The molecule has 0 unspecified atom stereocenters. The van der Waals surface area contributed by atoms with Crippen molar-refractivity contribution in [3.63, 3.8) is 0 Å². The Morgan fingerprint density at radius 3 is 0.821 bits per heavy atom. The van der Waals surface area contributed by atoms with Gasteiger partial charge in [0.15, 0.2) is 0 Å². The predicted molar refractivity (Wildman–Crippen MR) is 117 cm³/mol. The van der Waals surface area contributed by atoms with Crippen LogP contribution in [0.25, 0.3) is 0 Å². The molecule has 4 aromatic rings. The van der Waals surface area contributed by atoms with E-state index < -0.39 is 0 Å². The van der Waals surface area contributed by atoms with E-state index in [-0.39, 0.29) is 12.1 Å². The average Bonchev–Trinajstić information content (AvgIpc) is 2.77. The van der Waals surface area contributed by atoms with Crippen LogP contribution in [0.15, 0.2) is 121 Å². The van der Waals surface area contributed by atoms with Crippen molar-refractivity contribution in [2.24, 2.45) is 0 Å². The van der Waals surface area contributed by atoms with Gasteiger partial charge in [-0.2, -0.15) is 0 Å². The molecule has 28 heavy (non-hydrogen) atoms. The smallest absolute Gasteiger partial charge is 0.0607 e. The minimum Gasteiger partial charge on any atom is -0.284 e. The highest BCUT2D eigenvalue weighted by atomic mass is 15.2. The van der Waals surface area contributed by atoms with E-state index in [0.29, 0.717) is 0 Å². The summed E-state index contributed by atoms with van der Waals surface area (Å²) in [5.41, 5.74) is 5.20. The first kappa shape index (κ1) is 18.2. The molecule has 4 rings (SSSR count). The maximum atomic E-state index is 2.48. The molecule has 0 aliphatic carbocycles. The Morgan fingerprint density at radius 1 is 0.393 bits per heavy atom. The Labute approximate surface area is 167 Å². The van der Waals surface area contributed by atoms with E-state index in [9.17, 15) is 0 Å². The summed E-state index contributed by atoms with van der Waals surface area (Å²) in [6.07, 6.45) is 0. The zero-order valence-corrected chi connectivity index (χ0v) is 16.1. The van der Waals surface area contributed by atoms with Gasteiger partial charge in [0.25, 0.3) is 0 Å². The fourth-order valence-electron chi connectivity index (χ4n) is 4.02. The van der Waals surface area contributed by atoms with Crippen molar-refractivity contribution < 1.29 is 0 Å². The van der Waals surface area contributed by atoms with Gasteiger partial charge in [0.2, 0.25) is 0 Å². The van der Waals surface area contributed by atoms with Gasteiger partial charge in [-0.3, -0.25) is 4.90 Å². The third-order valence-corrected chi connectivity index (χ3v) is 5.28. The van der Waals surface area contributed by atoms with Crippen molar-refractivity contribution in [2.45, 2.75) is 12.1 Å². The van der Waals surface area contributed by atoms with Crippen molar-refractivity contribution in [1.82, 2.24) is 4.90 Å². The topological polar surface area (TPSA) is 3.24 Å². The molecule has 138 valence electrons. The lowest BCUT2D eigenvalue weighted by atomic mass is 9.91. The molecule has 0 atom stereocenters. The Balaban J connectivity index is 1.84. The zero-order chi connectivity index (χ0) is 19.2. The van der Waals surface area contributed by atoms with Crippen LogP contribution >= 0.6 is 0 Å². The van der Waals surface area contributed by atoms with Crippen LogP contribution < -0.4 is 0 Å². The van der Waals surface area contributed by atoms with E-state index in [0.717, 1.165) is 0 Å². The summed E-state index contributed by atoms with van der Waals surface area (Å²) in [4.78, 5) is 2.48. The Hall–Kier alpha value is -3.16. The SMILES string of the molecule is CN(C(c1ccccc1)c1ccccc1)C(c1ccccc1)c1ccccc1. The number of nitrogens with zero attached hydrogens (tertiary/aromatic N) is 1.